The summed E-state index contributed by atoms with van der Waals surface area (Å²) >= 11 is 0. The van der Waals surface area contributed by atoms with Crippen LogP contribution < -0.4 is 17.0 Å². The number of aryl methyl sites for hydroxylation is 2. The van der Waals surface area contributed by atoms with Gasteiger partial charge in [0.25, 0.3) is 5.56 Å². The maximum Gasteiger partial charge on any atom is 0.332 e. The van der Waals surface area contributed by atoms with Gasteiger partial charge in [-0.3, -0.25) is 13.9 Å². The molecule has 7 heteroatoms. The molecular weight excluding hydrogens is 270 g/mol. The molecule has 1 fully saturated rings. The average Bonchev–Trinajstić information content (AvgIpc) is 3.25. The van der Waals surface area contributed by atoms with E-state index in [0.29, 0.717) is 36.7 Å². The Morgan fingerprint density at radius 2 is 2.00 bits per heavy atom. The lowest BCUT2D eigenvalue weighted by atomic mass is 10.3. The van der Waals surface area contributed by atoms with Crippen molar-refractivity contribution in [3.63, 3.8) is 0 Å². The quantitative estimate of drug-likeness (QED) is 0.849. The second kappa shape index (κ2) is 5.14. The summed E-state index contributed by atoms with van der Waals surface area (Å²) in [7, 11) is 1.52. The molecule has 2 N–H and O–H groups in total. The van der Waals surface area contributed by atoms with Crippen LogP contribution in [0.3, 0.4) is 0 Å². The van der Waals surface area contributed by atoms with Crippen molar-refractivity contribution >= 4 is 11.2 Å². The van der Waals surface area contributed by atoms with Crippen molar-refractivity contribution in [2.75, 3.05) is 6.54 Å². The highest BCUT2D eigenvalue weighted by Gasteiger charge is 2.31. The highest BCUT2D eigenvalue weighted by Crippen LogP contribution is 2.40. The lowest BCUT2D eigenvalue weighted by Crippen LogP contribution is -2.38. The molecule has 1 aliphatic carbocycles. The van der Waals surface area contributed by atoms with Gasteiger partial charge in [-0.2, -0.15) is 0 Å². The zero-order valence-electron chi connectivity index (χ0n) is 12.5. The Kier molecular flexibility index (Phi) is 3.44. The fourth-order valence-electron chi connectivity index (χ4n) is 2.79. The SMILES string of the molecule is CCn1c(=O)n(C)c(=O)c2c1nc(C1CC1)n2CCCN. The van der Waals surface area contributed by atoms with Crippen LogP contribution in [0.15, 0.2) is 9.59 Å². The molecule has 0 atom stereocenters. The van der Waals surface area contributed by atoms with Crippen molar-refractivity contribution in [3.05, 3.63) is 26.7 Å². The van der Waals surface area contributed by atoms with Gasteiger partial charge in [0, 0.05) is 26.1 Å². The topological polar surface area (TPSA) is 87.8 Å². The van der Waals surface area contributed by atoms with Crippen LogP contribution in [-0.2, 0) is 20.1 Å². The molecule has 2 aromatic rings. The minimum absolute atomic E-state index is 0.267. The maximum absolute atomic E-state index is 12.5. The van der Waals surface area contributed by atoms with Gasteiger partial charge in [0.1, 0.15) is 5.82 Å². The Morgan fingerprint density at radius 3 is 2.57 bits per heavy atom. The van der Waals surface area contributed by atoms with Crippen molar-refractivity contribution in [2.24, 2.45) is 12.8 Å². The predicted molar refractivity (Wildman–Crippen MR) is 80.6 cm³/mol. The summed E-state index contributed by atoms with van der Waals surface area (Å²) in [6, 6.07) is 0. The molecule has 3 rings (SSSR count). The predicted octanol–water partition coefficient (Wildman–Crippen LogP) is 0.143. The van der Waals surface area contributed by atoms with Crippen molar-refractivity contribution in [1.82, 2.24) is 18.7 Å². The molecule has 114 valence electrons. The Bertz CT molecular complexity index is 794. The molecular formula is C14H21N5O2. The lowest BCUT2D eigenvalue weighted by Gasteiger charge is -2.09. The van der Waals surface area contributed by atoms with Crippen LogP contribution in [0, 0.1) is 0 Å². The van der Waals surface area contributed by atoms with Gasteiger partial charge in [0.05, 0.1) is 0 Å². The third-order valence-corrected chi connectivity index (χ3v) is 4.10. The first-order valence-electron chi connectivity index (χ1n) is 7.50. The van der Waals surface area contributed by atoms with Gasteiger partial charge in [0.15, 0.2) is 11.2 Å². The van der Waals surface area contributed by atoms with E-state index in [1.165, 1.54) is 11.6 Å². The fourth-order valence-corrected chi connectivity index (χ4v) is 2.79. The molecule has 1 aliphatic rings. The van der Waals surface area contributed by atoms with E-state index in [9.17, 15) is 9.59 Å². The summed E-state index contributed by atoms with van der Waals surface area (Å²) < 4.78 is 4.72. The average molecular weight is 291 g/mol. The Labute approximate surface area is 122 Å². The minimum atomic E-state index is -0.305. The van der Waals surface area contributed by atoms with E-state index < -0.39 is 0 Å². The van der Waals surface area contributed by atoms with E-state index in [4.69, 9.17) is 5.73 Å². The third kappa shape index (κ3) is 2.12. The molecule has 21 heavy (non-hydrogen) atoms. The molecule has 0 aliphatic heterocycles. The summed E-state index contributed by atoms with van der Waals surface area (Å²) in [4.78, 5) is 29.4. The number of nitrogens with zero attached hydrogens (tertiary/aromatic N) is 4. The summed E-state index contributed by atoms with van der Waals surface area (Å²) in [6.45, 7) is 3.63. The van der Waals surface area contributed by atoms with Gasteiger partial charge >= 0.3 is 5.69 Å². The van der Waals surface area contributed by atoms with E-state index in [1.807, 2.05) is 11.5 Å². The van der Waals surface area contributed by atoms with Crippen LogP contribution >= 0.6 is 0 Å². The molecule has 2 aromatic heterocycles. The molecule has 0 unspecified atom stereocenters. The summed E-state index contributed by atoms with van der Waals surface area (Å²) in [6.07, 6.45) is 2.99. The van der Waals surface area contributed by atoms with Crippen molar-refractivity contribution in [2.45, 2.75) is 45.2 Å². The first-order chi connectivity index (χ1) is 10.1. The van der Waals surface area contributed by atoms with Gasteiger partial charge in [-0.1, -0.05) is 0 Å². The molecule has 7 nitrogen and oxygen atoms in total. The summed E-state index contributed by atoms with van der Waals surface area (Å²) in [5.74, 6) is 1.35. The number of aromatic nitrogens is 4. The van der Waals surface area contributed by atoms with Gasteiger partial charge in [-0.25, -0.2) is 9.78 Å². The number of hydrogen-bond acceptors (Lipinski definition) is 4. The highest BCUT2D eigenvalue weighted by atomic mass is 16.2. The van der Waals surface area contributed by atoms with Crippen LogP contribution in [0.4, 0.5) is 0 Å². The van der Waals surface area contributed by atoms with Crippen LogP contribution in [0.2, 0.25) is 0 Å². The second-order valence-electron chi connectivity index (χ2n) is 5.60. The van der Waals surface area contributed by atoms with E-state index in [1.54, 1.807) is 4.57 Å². The van der Waals surface area contributed by atoms with E-state index >= 15 is 0 Å². The van der Waals surface area contributed by atoms with E-state index in [2.05, 4.69) is 4.98 Å². The zero-order valence-corrected chi connectivity index (χ0v) is 12.5. The number of imidazole rings is 1. The van der Waals surface area contributed by atoms with Gasteiger partial charge in [0.2, 0.25) is 0 Å². The molecule has 0 bridgehead atoms. The zero-order chi connectivity index (χ0) is 15.1. The molecule has 0 radical (unpaired) electrons. The van der Waals surface area contributed by atoms with E-state index in [-0.39, 0.29) is 11.2 Å². The lowest BCUT2D eigenvalue weighted by molar-refractivity contribution is 0.623. The highest BCUT2D eigenvalue weighted by molar-refractivity contribution is 5.71. The van der Waals surface area contributed by atoms with Gasteiger partial charge in [-0.05, 0) is 32.7 Å². The van der Waals surface area contributed by atoms with Crippen molar-refractivity contribution in [1.29, 1.82) is 0 Å². The van der Waals surface area contributed by atoms with Crippen LogP contribution in [-0.4, -0.2) is 25.2 Å². The fraction of sp³-hybridized carbons (Fsp3) is 0.643. The largest absolute Gasteiger partial charge is 0.332 e. The number of hydrogen-bond donors (Lipinski definition) is 1. The minimum Gasteiger partial charge on any atom is -0.330 e. The third-order valence-electron chi connectivity index (χ3n) is 4.10. The number of fused-ring (bicyclic) bond motifs is 1. The number of rotatable bonds is 5. The first-order valence-corrected chi connectivity index (χ1v) is 7.50. The Balaban J connectivity index is 2.36. The smallest absolute Gasteiger partial charge is 0.330 e. The first kappa shape index (κ1) is 14.1. The standard InChI is InChI=1S/C14H21N5O2/c1-3-18-12-10(13(20)17(2)14(18)21)19(8-4-7-15)11(16-12)9-5-6-9/h9H,3-8,15H2,1-2H3. The van der Waals surface area contributed by atoms with Crippen LogP contribution in [0.25, 0.3) is 11.2 Å². The number of nitrogens with two attached hydrogens (primary N) is 1. The molecule has 0 aromatic carbocycles. The summed E-state index contributed by atoms with van der Waals surface area (Å²) in [5, 5.41) is 0. The van der Waals surface area contributed by atoms with Crippen molar-refractivity contribution < 1.29 is 0 Å². The van der Waals surface area contributed by atoms with E-state index in [0.717, 1.165) is 25.1 Å². The monoisotopic (exact) mass is 291 g/mol. The maximum atomic E-state index is 12.5. The molecule has 1 saturated carbocycles. The normalized spacial score (nSPS) is 15.0. The van der Waals surface area contributed by atoms with Crippen molar-refractivity contribution in [3.8, 4) is 0 Å². The van der Waals surface area contributed by atoms with Gasteiger partial charge < -0.3 is 10.3 Å². The molecule has 0 amide bonds. The molecule has 2 heterocycles. The molecule has 0 saturated heterocycles. The Morgan fingerprint density at radius 1 is 1.29 bits per heavy atom. The van der Waals surface area contributed by atoms with Crippen LogP contribution in [0.5, 0.6) is 0 Å². The van der Waals surface area contributed by atoms with Gasteiger partial charge in [-0.15, -0.1) is 0 Å². The Hall–Kier alpha value is -1.89. The molecule has 0 spiro atoms. The second-order valence-corrected chi connectivity index (χ2v) is 5.60. The van der Waals surface area contributed by atoms with Crippen LogP contribution in [0.1, 0.15) is 37.9 Å². The summed E-state index contributed by atoms with van der Waals surface area (Å²) in [5.41, 5.74) is 6.09.